The molecule has 0 unspecified atom stereocenters. The van der Waals surface area contributed by atoms with E-state index in [9.17, 15) is 4.39 Å². The summed E-state index contributed by atoms with van der Waals surface area (Å²) in [4.78, 5) is 4.33. The summed E-state index contributed by atoms with van der Waals surface area (Å²) in [6, 6.07) is 14.0. The van der Waals surface area contributed by atoms with Crippen LogP contribution in [0.5, 0.6) is 5.75 Å². The van der Waals surface area contributed by atoms with Crippen molar-refractivity contribution in [2.75, 3.05) is 0 Å². The van der Waals surface area contributed by atoms with Crippen LogP contribution in [0.1, 0.15) is 28.8 Å². The summed E-state index contributed by atoms with van der Waals surface area (Å²) < 4.78 is 31.6. The third kappa shape index (κ3) is 3.67. The second kappa shape index (κ2) is 7.68. The van der Waals surface area contributed by atoms with E-state index in [1.54, 1.807) is 0 Å². The molecule has 2 aromatic carbocycles. The average Bonchev–Trinajstić information content (AvgIpc) is 3.40. The number of benzene rings is 2. The van der Waals surface area contributed by atoms with E-state index in [1.165, 1.54) is 29.8 Å². The van der Waals surface area contributed by atoms with Crippen molar-refractivity contribution in [3.05, 3.63) is 77.1 Å². The number of halogens is 1. The normalized spacial score (nSPS) is 15.7. The van der Waals surface area contributed by atoms with Crippen LogP contribution in [0.25, 0.3) is 11.5 Å². The van der Waals surface area contributed by atoms with Gasteiger partial charge in [0.25, 0.3) is 5.89 Å². The maximum Gasteiger partial charge on any atom is 0.264 e. The van der Waals surface area contributed by atoms with E-state index in [2.05, 4.69) is 51.6 Å². The highest BCUT2D eigenvalue weighted by molar-refractivity contribution is 5.51. The zero-order valence-corrected chi connectivity index (χ0v) is 16.2. The first kappa shape index (κ1) is 18.4. The highest BCUT2D eigenvalue weighted by Gasteiger charge is 2.27. The molecule has 3 heterocycles. The van der Waals surface area contributed by atoms with Gasteiger partial charge in [-0.15, -0.1) is 5.10 Å². The van der Waals surface area contributed by atoms with Crippen molar-refractivity contribution in [2.45, 2.75) is 32.8 Å². The van der Waals surface area contributed by atoms with Gasteiger partial charge >= 0.3 is 0 Å². The van der Waals surface area contributed by atoms with Crippen LogP contribution in [0.2, 0.25) is 0 Å². The molecule has 5 rings (SSSR count). The molecule has 0 saturated heterocycles. The van der Waals surface area contributed by atoms with Gasteiger partial charge in [0.1, 0.15) is 17.7 Å². The summed E-state index contributed by atoms with van der Waals surface area (Å²) in [5.74, 6) is 0.788. The fraction of sp³-hybridized carbons (Fsp3) is 0.238. The Morgan fingerprint density at radius 3 is 2.73 bits per heavy atom. The Bertz CT molecular complexity index is 1150. The monoisotopic (exact) mass is 407 g/mol. The minimum Gasteiger partial charge on any atom is -0.484 e. The molecule has 1 atom stereocenters. The van der Waals surface area contributed by atoms with Gasteiger partial charge < -0.3 is 14.0 Å². The highest BCUT2D eigenvalue weighted by Crippen LogP contribution is 2.30. The Morgan fingerprint density at radius 1 is 1.13 bits per heavy atom. The van der Waals surface area contributed by atoms with Gasteiger partial charge in [-0.3, -0.25) is 0 Å². The predicted molar refractivity (Wildman–Crippen MR) is 103 cm³/mol. The first-order chi connectivity index (χ1) is 14.7. The van der Waals surface area contributed by atoms with Crippen LogP contribution in [0, 0.1) is 12.7 Å². The second-order valence-electron chi connectivity index (χ2n) is 7.03. The van der Waals surface area contributed by atoms with Crippen molar-refractivity contribution < 1.29 is 18.4 Å². The zero-order chi connectivity index (χ0) is 20.5. The predicted octanol–water partition coefficient (Wildman–Crippen LogP) is 3.63. The number of ether oxygens (including phenoxy) is 2. The van der Waals surface area contributed by atoms with Crippen molar-refractivity contribution in [3.8, 4) is 17.3 Å². The van der Waals surface area contributed by atoms with Gasteiger partial charge in [-0.05, 0) is 36.8 Å². The summed E-state index contributed by atoms with van der Waals surface area (Å²) in [5, 5.41) is 12.4. The molecule has 0 amide bonds. The third-order valence-corrected chi connectivity index (χ3v) is 4.90. The van der Waals surface area contributed by atoms with Crippen LogP contribution < -0.4 is 4.74 Å². The second-order valence-corrected chi connectivity index (χ2v) is 7.03. The summed E-state index contributed by atoms with van der Waals surface area (Å²) in [6.45, 7) is 3.02. The van der Waals surface area contributed by atoms with Gasteiger partial charge in [-0.1, -0.05) is 40.2 Å². The SMILES string of the molecule is Cc1ccc([C@H]2Cn3nnc(-c4noc(COc5ccc(F)cc5)n4)c3CO2)cc1. The Labute approximate surface area is 171 Å². The molecule has 30 heavy (non-hydrogen) atoms. The molecule has 0 N–H and O–H groups in total. The van der Waals surface area contributed by atoms with E-state index in [-0.39, 0.29) is 24.4 Å². The van der Waals surface area contributed by atoms with Crippen LogP contribution >= 0.6 is 0 Å². The molecule has 0 radical (unpaired) electrons. The molecule has 152 valence electrons. The fourth-order valence-corrected chi connectivity index (χ4v) is 3.25. The number of hydrogen-bond donors (Lipinski definition) is 0. The van der Waals surface area contributed by atoms with Gasteiger partial charge in [-0.2, -0.15) is 4.98 Å². The molecule has 0 saturated carbocycles. The molecule has 0 fully saturated rings. The molecule has 1 aliphatic rings. The van der Waals surface area contributed by atoms with Crippen molar-refractivity contribution >= 4 is 0 Å². The lowest BCUT2D eigenvalue weighted by Crippen LogP contribution is -2.22. The quantitative estimate of drug-likeness (QED) is 0.499. The number of rotatable bonds is 5. The average molecular weight is 407 g/mol. The third-order valence-electron chi connectivity index (χ3n) is 4.90. The Hall–Kier alpha value is -3.59. The maximum absolute atomic E-state index is 13.0. The van der Waals surface area contributed by atoms with Crippen LogP contribution in [-0.2, 0) is 24.5 Å². The summed E-state index contributed by atoms with van der Waals surface area (Å²) in [6.07, 6.45) is -0.0856. The topological polar surface area (TPSA) is 88.1 Å². The molecule has 0 bridgehead atoms. The standard InChI is InChI=1S/C21H18FN5O3/c1-13-2-4-14(5-3-13)18-10-27-17(11-29-18)20(24-26-27)21-23-19(30-25-21)12-28-16-8-6-15(22)7-9-16/h2-9,18H,10-12H2,1H3/t18-/m1/s1. The molecule has 0 spiro atoms. The minimum absolute atomic E-state index is 0.0636. The van der Waals surface area contributed by atoms with Gasteiger partial charge in [0.2, 0.25) is 5.82 Å². The van der Waals surface area contributed by atoms with Crippen LogP contribution in [-0.4, -0.2) is 25.1 Å². The van der Waals surface area contributed by atoms with Crippen LogP contribution in [0.3, 0.4) is 0 Å². The lowest BCUT2D eigenvalue weighted by Gasteiger charge is -2.24. The minimum atomic E-state index is -0.327. The number of aromatic nitrogens is 5. The van der Waals surface area contributed by atoms with E-state index in [1.807, 2.05) is 4.68 Å². The molecular formula is C21H18FN5O3. The molecule has 9 heteroatoms. The lowest BCUT2D eigenvalue weighted by molar-refractivity contribution is -0.00112. The van der Waals surface area contributed by atoms with Gasteiger partial charge in [0.05, 0.1) is 18.8 Å². The van der Waals surface area contributed by atoms with Gasteiger partial charge in [0, 0.05) is 0 Å². The maximum atomic E-state index is 13.0. The molecule has 1 aliphatic heterocycles. The summed E-state index contributed by atoms with van der Waals surface area (Å²) >= 11 is 0. The zero-order valence-electron chi connectivity index (χ0n) is 16.2. The van der Waals surface area contributed by atoms with Gasteiger partial charge in [-0.25, -0.2) is 9.07 Å². The van der Waals surface area contributed by atoms with E-state index in [4.69, 9.17) is 14.0 Å². The van der Waals surface area contributed by atoms with Gasteiger partial charge in [0.15, 0.2) is 12.3 Å². The molecular weight excluding hydrogens is 389 g/mol. The first-order valence-corrected chi connectivity index (χ1v) is 9.47. The fourth-order valence-electron chi connectivity index (χ4n) is 3.25. The Kier molecular flexibility index (Phi) is 4.72. The molecule has 0 aliphatic carbocycles. The number of fused-ring (bicyclic) bond motifs is 1. The number of nitrogens with zero attached hydrogens (tertiary/aromatic N) is 5. The van der Waals surface area contributed by atoms with Crippen molar-refractivity contribution in [1.29, 1.82) is 0 Å². The summed E-state index contributed by atoms with van der Waals surface area (Å²) in [5.41, 5.74) is 3.62. The largest absolute Gasteiger partial charge is 0.484 e. The highest BCUT2D eigenvalue weighted by atomic mass is 19.1. The number of aryl methyl sites for hydroxylation is 1. The van der Waals surface area contributed by atoms with Crippen LogP contribution in [0.15, 0.2) is 53.1 Å². The molecule has 2 aromatic heterocycles. The van der Waals surface area contributed by atoms with E-state index >= 15 is 0 Å². The smallest absolute Gasteiger partial charge is 0.264 e. The lowest BCUT2D eigenvalue weighted by atomic mass is 10.1. The van der Waals surface area contributed by atoms with E-state index in [0.29, 0.717) is 30.4 Å². The summed E-state index contributed by atoms with van der Waals surface area (Å²) in [7, 11) is 0. The molecule has 8 nitrogen and oxygen atoms in total. The van der Waals surface area contributed by atoms with Crippen molar-refractivity contribution in [3.63, 3.8) is 0 Å². The number of hydrogen-bond acceptors (Lipinski definition) is 7. The van der Waals surface area contributed by atoms with E-state index < -0.39 is 0 Å². The Morgan fingerprint density at radius 2 is 1.93 bits per heavy atom. The molecule has 4 aromatic rings. The first-order valence-electron chi connectivity index (χ1n) is 9.47. The van der Waals surface area contributed by atoms with Crippen LogP contribution in [0.4, 0.5) is 4.39 Å². The Balaban J connectivity index is 1.29. The van der Waals surface area contributed by atoms with Crippen molar-refractivity contribution in [1.82, 2.24) is 25.1 Å². The van der Waals surface area contributed by atoms with Crippen molar-refractivity contribution in [2.24, 2.45) is 0 Å². The van der Waals surface area contributed by atoms with E-state index in [0.717, 1.165) is 11.3 Å².